The van der Waals surface area contributed by atoms with Gasteiger partial charge in [0.2, 0.25) is 5.91 Å². The van der Waals surface area contributed by atoms with Crippen LogP contribution in [0.15, 0.2) is 30.3 Å². The van der Waals surface area contributed by atoms with E-state index < -0.39 is 11.9 Å². The van der Waals surface area contributed by atoms with E-state index in [1.807, 2.05) is 18.7 Å². The summed E-state index contributed by atoms with van der Waals surface area (Å²) in [5.74, 6) is -0.436. The molecule has 0 bridgehead atoms. The van der Waals surface area contributed by atoms with E-state index in [1.54, 1.807) is 0 Å². The molecule has 2 heterocycles. The van der Waals surface area contributed by atoms with E-state index >= 15 is 0 Å². The van der Waals surface area contributed by atoms with Crippen molar-refractivity contribution in [1.82, 2.24) is 9.80 Å². The van der Waals surface area contributed by atoms with Crippen LogP contribution in [0.4, 0.5) is 0 Å². The lowest BCUT2D eigenvalue weighted by Crippen LogP contribution is -2.55. The fourth-order valence-corrected chi connectivity index (χ4v) is 4.50. The largest absolute Gasteiger partial charge is 0.481 e. The van der Waals surface area contributed by atoms with E-state index in [9.17, 15) is 14.7 Å². The molecule has 0 aliphatic carbocycles. The Hall–Kier alpha value is -1.88. The lowest BCUT2D eigenvalue weighted by molar-refractivity contribution is -0.149. The molecule has 1 aromatic carbocycles. The maximum atomic E-state index is 13.0. The monoisotopic (exact) mass is 372 g/mol. The van der Waals surface area contributed by atoms with Gasteiger partial charge in [-0.05, 0) is 70.5 Å². The molecule has 3 atom stereocenters. The summed E-state index contributed by atoms with van der Waals surface area (Å²) in [5.41, 5.74) is 1.39. The zero-order chi connectivity index (χ0) is 19.4. The Morgan fingerprint density at radius 2 is 1.78 bits per heavy atom. The van der Waals surface area contributed by atoms with E-state index in [1.165, 1.54) is 5.56 Å². The minimum Gasteiger partial charge on any atom is -0.481 e. The predicted molar refractivity (Wildman–Crippen MR) is 105 cm³/mol. The molecule has 1 N–H and O–H groups in total. The molecule has 0 aromatic heterocycles. The van der Waals surface area contributed by atoms with Crippen LogP contribution in [-0.2, 0) is 16.0 Å². The van der Waals surface area contributed by atoms with Crippen LogP contribution < -0.4 is 0 Å². The Balaban J connectivity index is 1.53. The normalized spacial score (nSPS) is 25.9. The number of benzene rings is 1. The van der Waals surface area contributed by atoms with Gasteiger partial charge in [0.25, 0.3) is 0 Å². The molecule has 2 aliphatic rings. The van der Waals surface area contributed by atoms with Crippen LogP contribution in [0.25, 0.3) is 0 Å². The minimum atomic E-state index is -0.783. The highest BCUT2D eigenvalue weighted by molar-refractivity contribution is 5.82. The number of aliphatic carboxylic acids is 1. The van der Waals surface area contributed by atoms with Crippen molar-refractivity contribution in [3.8, 4) is 0 Å². The zero-order valence-electron chi connectivity index (χ0n) is 16.5. The summed E-state index contributed by atoms with van der Waals surface area (Å²) in [6.07, 6.45) is 4.77. The number of carbonyl (C=O) groups excluding carboxylic acids is 1. The summed E-state index contributed by atoms with van der Waals surface area (Å²) >= 11 is 0. The zero-order valence-corrected chi connectivity index (χ0v) is 16.5. The number of carboxylic acid groups (broad SMARTS) is 1. The molecule has 2 fully saturated rings. The summed E-state index contributed by atoms with van der Waals surface area (Å²) in [6, 6.07) is 10.6. The fourth-order valence-electron chi connectivity index (χ4n) is 4.50. The number of carbonyl (C=O) groups is 2. The maximum Gasteiger partial charge on any atom is 0.308 e. The molecule has 27 heavy (non-hydrogen) atoms. The lowest BCUT2D eigenvalue weighted by atomic mass is 9.89. The number of likely N-dealkylation sites (tertiary alicyclic amines) is 2. The molecular formula is C22H32N2O3. The van der Waals surface area contributed by atoms with E-state index in [2.05, 4.69) is 35.2 Å². The number of hydrogen-bond donors (Lipinski definition) is 1. The third-order valence-corrected chi connectivity index (χ3v) is 6.44. The second kappa shape index (κ2) is 8.87. The van der Waals surface area contributed by atoms with E-state index in [0.717, 1.165) is 38.8 Å². The molecule has 2 aliphatic heterocycles. The topological polar surface area (TPSA) is 60.9 Å². The SMILES string of the molecule is CC(C(=O)N1CC(C(=O)O)CCC1C)N1CCC(Cc2ccccc2)CC1. The van der Waals surface area contributed by atoms with Gasteiger partial charge in [0.15, 0.2) is 0 Å². The van der Waals surface area contributed by atoms with Gasteiger partial charge >= 0.3 is 5.97 Å². The van der Waals surface area contributed by atoms with E-state index in [0.29, 0.717) is 18.9 Å². The third-order valence-electron chi connectivity index (χ3n) is 6.44. The van der Waals surface area contributed by atoms with Crippen molar-refractivity contribution in [1.29, 1.82) is 0 Å². The Morgan fingerprint density at radius 1 is 1.11 bits per heavy atom. The smallest absolute Gasteiger partial charge is 0.308 e. The van der Waals surface area contributed by atoms with E-state index in [-0.39, 0.29) is 18.0 Å². The minimum absolute atomic E-state index is 0.0926. The molecule has 1 aromatic rings. The number of nitrogens with zero attached hydrogens (tertiary/aromatic N) is 2. The first-order valence-electron chi connectivity index (χ1n) is 10.3. The molecule has 0 saturated carbocycles. The van der Waals surface area contributed by atoms with Gasteiger partial charge in [-0.2, -0.15) is 0 Å². The molecule has 148 valence electrons. The van der Waals surface area contributed by atoms with Gasteiger partial charge in [0, 0.05) is 12.6 Å². The number of amides is 1. The molecule has 2 saturated heterocycles. The van der Waals surface area contributed by atoms with Crippen LogP contribution in [0.2, 0.25) is 0 Å². The second-order valence-electron chi connectivity index (χ2n) is 8.30. The summed E-state index contributed by atoms with van der Waals surface area (Å²) in [6.45, 7) is 6.25. The summed E-state index contributed by atoms with van der Waals surface area (Å²) in [7, 11) is 0. The molecule has 0 radical (unpaired) electrons. The van der Waals surface area contributed by atoms with Crippen LogP contribution >= 0.6 is 0 Å². The van der Waals surface area contributed by atoms with Crippen LogP contribution in [0, 0.1) is 11.8 Å². The highest BCUT2D eigenvalue weighted by Gasteiger charge is 2.36. The van der Waals surface area contributed by atoms with Crippen molar-refractivity contribution in [2.45, 2.75) is 58.0 Å². The first kappa shape index (κ1) is 19.9. The van der Waals surface area contributed by atoms with Gasteiger partial charge in [0.1, 0.15) is 0 Å². The molecule has 1 amide bonds. The maximum absolute atomic E-state index is 13.0. The molecule has 5 nitrogen and oxygen atoms in total. The Kier molecular flexibility index (Phi) is 6.53. The Labute approximate surface area is 162 Å². The van der Waals surface area contributed by atoms with Crippen molar-refractivity contribution in [3.05, 3.63) is 35.9 Å². The van der Waals surface area contributed by atoms with Crippen molar-refractivity contribution >= 4 is 11.9 Å². The summed E-state index contributed by atoms with van der Waals surface area (Å²) in [5, 5.41) is 9.31. The second-order valence-corrected chi connectivity index (χ2v) is 8.30. The standard InChI is InChI=1S/C22H32N2O3/c1-16-8-9-20(22(26)27)15-24(16)21(25)17(2)23-12-10-19(11-13-23)14-18-6-4-3-5-7-18/h3-7,16-17,19-20H,8-15H2,1-2H3,(H,26,27). The predicted octanol–water partition coefficient (Wildman–Crippen LogP) is 3.04. The first-order chi connectivity index (χ1) is 13.0. The lowest BCUT2D eigenvalue weighted by Gasteiger charge is -2.41. The molecule has 5 heteroatoms. The van der Waals surface area contributed by atoms with Crippen molar-refractivity contribution < 1.29 is 14.7 Å². The number of piperidine rings is 2. The van der Waals surface area contributed by atoms with Gasteiger partial charge in [0.05, 0.1) is 12.0 Å². The summed E-state index contributed by atoms with van der Waals surface area (Å²) in [4.78, 5) is 28.5. The summed E-state index contributed by atoms with van der Waals surface area (Å²) < 4.78 is 0. The van der Waals surface area contributed by atoms with Crippen LogP contribution in [0.5, 0.6) is 0 Å². The quantitative estimate of drug-likeness (QED) is 0.863. The van der Waals surface area contributed by atoms with Gasteiger partial charge in [-0.3, -0.25) is 14.5 Å². The van der Waals surface area contributed by atoms with Gasteiger partial charge < -0.3 is 10.0 Å². The van der Waals surface area contributed by atoms with Gasteiger partial charge in [-0.15, -0.1) is 0 Å². The number of rotatable bonds is 5. The highest BCUT2D eigenvalue weighted by atomic mass is 16.4. The van der Waals surface area contributed by atoms with Gasteiger partial charge in [-0.25, -0.2) is 0 Å². The van der Waals surface area contributed by atoms with Crippen LogP contribution in [0.1, 0.15) is 45.1 Å². The van der Waals surface area contributed by atoms with Crippen LogP contribution in [0.3, 0.4) is 0 Å². The molecule has 0 spiro atoms. The first-order valence-corrected chi connectivity index (χ1v) is 10.3. The van der Waals surface area contributed by atoms with Crippen molar-refractivity contribution in [2.24, 2.45) is 11.8 Å². The average molecular weight is 373 g/mol. The molecule has 3 rings (SSSR count). The fraction of sp³-hybridized carbons (Fsp3) is 0.636. The van der Waals surface area contributed by atoms with Gasteiger partial charge in [-0.1, -0.05) is 30.3 Å². The Bertz CT molecular complexity index is 640. The van der Waals surface area contributed by atoms with Crippen molar-refractivity contribution in [3.63, 3.8) is 0 Å². The number of carboxylic acids is 1. The van der Waals surface area contributed by atoms with E-state index in [4.69, 9.17) is 0 Å². The molecule has 3 unspecified atom stereocenters. The third kappa shape index (κ3) is 4.89. The molecular weight excluding hydrogens is 340 g/mol. The highest BCUT2D eigenvalue weighted by Crippen LogP contribution is 2.26. The number of hydrogen-bond acceptors (Lipinski definition) is 3. The van der Waals surface area contributed by atoms with Crippen LogP contribution in [-0.4, -0.2) is 58.5 Å². The Morgan fingerprint density at radius 3 is 2.41 bits per heavy atom. The average Bonchev–Trinajstić information content (AvgIpc) is 2.68. The van der Waals surface area contributed by atoms with Crippen molar-refractivity contribution in [2.75, 3.05) is 19.6 Å².